The molecule has 2 aromatic carbocycles. The lowest BCUT2D eigenvalue weighted by atomic mass is 9.86. The number of rotatable bonds is 8. The van der Waals surface area contributed by atoms with E-state index in [1.165, 1.54) is 47.2 Å². The van der Waals surface area contributed by atoms with E-state index in [-0.39, 0.29) is 41.7 Å². The van der Waals surface area contributed by atoms with Crippen LogP contribution in [0.4, 0.5) is 8.78 Å². The molecule has 1 N–H and O–H groups in total. The zero-order valence-corrected chi connectivity index (χ0v) is 20.3. The lowest BCUT2D eigenvalue weighted by Gasteiger charge is -2.37. The number of hydrogen-bond acceptors (Lipinski definition) is 6. The number of carbonyl (C=O) groups excluding carboxylic acids is 1. The highest BCUT2D eigenvalue weighted by atomic mass is 32.2. The normalized spacial score (nSPS) is 16.9. The van der Waals surface area contributed by atoms with Crippen molar-refractivity contribution in [2.45, 2.75) is 45.9 Å². The second-order valence-corrected chi connectivity index (χ2v) is 12.1. The van der Waals surface area contributed by atoms with E-state index in [0.29, 0.717) is 16.6 Å². The van der Waals surface area contributed by atoms with Crippen LogP contribution in [0.3, 0.4) is 0 Å². The van der Waals surface area contributed by atoms with Gasteiger partial charge in [-0.15, -0.1) is 0 Å². The summed E-state index contributed by atoms with van der Waals surface area (Å²) in [6.07, 6.45) is 0.0428. The van der Waals surface area contributed by atoms with E-state index in [1.807, 2.05) is 0 Å². The number of alkyl halides is 2. The average molecular weight is 509 g/mol. The van der Waals surface area contributed by atoms with Crippen LogP contribution in [0.15, 0.2) is 47.3 Å². The van der Waals surface area contributed by atoms with Gasteiger partial charge in [-0.1, -0.05) is 13.0 Å². The molecule has 2 heterocycles. The first-order valence-corrected chi connectivity index (χ1v) is 12.8. The second-order valence-electron chi connectivity index (χ2n) is 10.0. The van der Waals surface area contributed by atoms with E-state index in [0.717, 1.165) is 0 Å². The number of ketones is 1. The van der Waals surface area contributed by atoms with Crippen molar-refractivity contribution in [1.82, 2.24) is 9.13 Å². The Bertz CT molecular complexity index is 1460. The van der Waals surface area contributed by atoms with Crippen molar-refractivity contribution in [3.05, 3.63) is 58.5 Å². The molecule has 1 saturated heterocycles. The molecule has 0 bridgehead atoms. The molecule has 11 heteroatoms. The molecule has 0 spiro atoms. The summed E-state index contributed by atoms with van der Waals surface area (Å²) in [5, 5.41) is 10.4. The summed E-state index contributed by atoms with van der Waals surface area (Å²) in [7, 11) is -3.11. The molecule has 0 unspecified atom stereocenters. The van der Waals surface area contributed by atoms with Crippen molar-refractivity contribution < 1.29 is 31.8 Å². The Hall–Kier alpha value is -3.05. The van der Waals surface area contributed by atoms with E-state index < -0.39 is 33.2 Å². The molecule has 1 fully saturated rings. The number of aliphatic hydroxyl groups is 1. The number of imidazole rings is 1. The average Bonchev–Trinajstić information content (AvgIpc) is 2.95. The maximum atomic E-state index is 13.4. The third-order valence-electron chi connectivity index (χ3n) is 5.82. The highest BCUT2D eigenvalue weighted by Crippen LogP contribution is 2.37. The molecule has 0 saturated carbocycles. The van der Waals surface area contributed by atoms with Crippen LogP contribution < -0.4 is 10.4 Å². The van der Waals surface area contributed by atoms with Gasteiger partial charge in [-0.05, 0) is 44.2 Å². The van der Waals surface area contributed by atoms with Gasteiger partial charge in [-0.3, -0.25) is 13.9 Å². The minimum atomic E-state index is -3.11. The van der Waals surface area contributed by atoms with Crippen molar-refractivity contribution in [2.75, 3.05) is 11.5 Å². The van der Waals surface area contributed by atoms with Crippen LogP contribution in [-0.2, 0) is 16.4 Å². The number of hydrogen-bond donors (Lipinski definition) is 1. The van der Waals surface area contributed by atoms with Gasteiger partial charge in [0.2, 0.25) is 0 Å². The van der Waals surface area contributed by atoms with Gasteiger partial charge in [-0.2, -0.15) is 8.78 Å². The third-order valence-corrected chi connectivity index (χ3v) is 8.09. The van der Waals surface area contributed by atoms with Gasteiger partial charge in [-0.25, -0.2) is 13.2 Å². The lowest BCUT2D eigenvalue weighted by Crippen LogP contribution is -2.47. The molecular weight excluding hydrogens is 482 g/mol. The minimum absolute atomic E-state index is 0.0428. The molecule has 1 aliphatic rings. The monoisotopic (exact) mass is 508 g/mol. The van der Waals surface area contributed by atoms with Crippen molar-refractivity contribution in [3.63, 3.8) is 0 Å². The maximum absolute atomic E-state index is 13.4. The molecule has 8 nitrogen and oxygen atoms in total. The summed E-state index contributed by atoms with van der Waals surface area (Å²) in [5.41, 5.74) is -1.07. The molecule has 0 radical (unpaired) electrons. The fourth-order valence-corrected chi connectivity index (χ4v) is 6.87. The van der Waals surface area contributed by atoms with Gasteiger partial charge >= 0.3 is 12.3 Å². The van der Waals surface area contributed by atoms with Crippen molar-refractivity contribution in [1.29, 1.82) is 0 Å². The Morgan fingerprint density at radius 3 is 2.46 bits per heavy atom. The predicted octanol–water partition coefficient (Wildman–Crippen LogP) is 3.17. The fraction of sp³-hybridized carbons (Fsp3) is 0.417. The van der Waals surface area contributed by atoms with Crippen LogP contribution in [0.5, 0.6) is 5.75 Å². The molecule has 3 aromatic rings. The Morgan fingerprint density at radius 1 is 1.17 bits per heavy atom. The van der Waals surface area contributed by atoms with Crippen LogP contribution >= 0.6 is 0 Å². The highest BCUT2D eigenvalue weighted by molar-refractivity contribution is 7.92. The number of benzene rings is 2. The first kappa shape index (κ1) is 25.1. The number of ether oxygens (including phenoxy) is 1. The first-order valence-electron chi connectivity index (χ1n) is 10.9. The zero-order chi connectivity index (χ0) is 25.8. The SMILES string of the molecule is CC(C)(O)Cn1c(=O)n(-c2cccc(OC(F)F)c2)c2ccc(C(=O)CC3(C)CS(=O)(=O)C3)cc21. The maximum Gasteiger partial charge on any atom is 0.387 e. The van der Waals surface area contributed by atoms with E-state index in [2.05, 4.69) is 4.74 Å². The van der Waals surface area contributed by atoms with E-state index in [4.69, 9.17) is 0 Å². The summed E-state index contributed by atoms with van der Waals surface area (Å²) in [6.45, 7) is 1.70. The quantitative estimate of drug-likeness (QED) is 0.469. The number of Topliss-reactive ketones (excluding diaryl/α,β-unsaturated/α-hetero) is 1. The topological polar surface area (TPSA) is 108 Å². The van der Waals surface area contributed by atoms with E-state index >= 15 is 0 Å². The Balaban J connectivity index is 1.80. The van der Waals surface area contributed by atoms with Crippen LogP contribution in [0.2, 0.25) is 0 Å². The molecule has 0 amide bonds. The van der Waals surface area contributed by atoms with Gasteiger partial charge < -0.3 is 9.84 Å². The Morgan fingerprint density at radius 2 is 1.86 bits per heavy atom. The Labute approximate surface area is 200 Å². The molecule has 188 valence electrons. The summed E-state index contributed by atoms with van der Waals surface area (Å²) in [5.74, 6) is -0.481. The summed E-state index contributed by atoms with van der Waals surface area (Å²) < 4.78 is 55.7. The van der Waals surface area contributed by atoms with E-state index in [9.17, 15) is 31.9 Å². The minimum Gasteiger partial charge on any atom is -0.435 e. The van der Waals surface area contributed by atoms with Gasteiger partial charge in [0.15, 0.2) is 15.6 Å². The van der Waals surface area contributed by atoms with Gasteiger partial charge in [0, 0.05) is 23.5 Å². The standard InChI is InChI=1S/C24H26F2N2O6S/c1-23(2,31)12-27-19-9-15(20(29)11-24(3)13-35(32,33)14-24)7-8-18(19)28(22(27)30)16-5-4-6-17(10-16)34-21(25)26/h4-10,21,31H,11-14H2,1-3H3. The molecule has 4 rings (SSSR count). The number of nitrogens with zero attached hydrogens (tertiary/aromatic N) is 2. The molecular formula is C24H26F2N2O6S. The van der Waals surface area contributed by atoms with Crippen molar-refractivity contribution in [3.8, 4) is 11.4 Å². The fourth-order valence-electron chi connectivity index (χ4n) is 4.63. The van der Waals surface area contributed by atoms with Crippen LogP contribution in [0, 0.1) is 5.41 Å². The zero-order valence-electron chi connectivity index (χ0n) is 19.5. The number of sulfone groups is 1. The van der Waals surface area contributed by atoms with Crippen LogP contribution in [0.25, 0.3) is 16.7 Å². The molecule has 1 aromatic heterocycles. The first-order chi connectivity index (χ1) is 16.2. The highest BCUT2D eigenvalue weighted by Gasteiger charge is 2.45. The largest absolute Gasteiger partial charge is 0.435 e. The summed E-state index contributed by atoms with van der Waals surface area (Å²) >= 11 is 0. The van der Waals surface area contributed by atoms with Crippen molar-refractivity contribution in [2.24, 2.45) is 5.41 Å². The third kappa shape index (κ3) is 5.30. The lowest BCUT2D eigenvalue weighted by molar-refractivity contribution is -0.0498. The second kappa shape index (κ2) is 8.56. The van der Waals surface area contributed by atoms with Gasteiger partial charge in [0.1, 0.15) is 5.75 Å². The van der Waals surface area contributed by atoms with Gasteiger partial charge in [0.05, 0.1) is 40.4 Å². The van der Waals surface area contributed by atoms with Gasteiger partial charge in [0.25, 0.3) is 0 Å². The smallest absolute Gasteiger partial charge is 0.387 e. The summed E-state index contributed by atoms with van der Waals surface area (Å²) in [6, 6.07) is 10.3. The summed E-state index contributed by atoms with van der Waals surface area (Å²) in [4.78, 5) is 26.4. The molecule has 1 aliphatic heterocycles. The molecule has 0 aliphatic carbocycles. The van der Waals surface area contributed by atoms with E-state index in [1.54, 1.807) is 25.1 Å². The number of fused-ring (bicyclic) bond motifs is 1. The molecule has 0 atom stereocenters. The molecule has 35 heavy (non-hydrogen) atoms. The van der Waals surface area contributed by atoms with Crippen LogP contribution in [0.1, 0.15) is 37.6 Å². The number of carbonyl (C=O) groups is 1. The Kier molecular flexibility index (Phi) is 6.13. The van der Waals surface area contributed by atoms with Crippen LogP contribution in [-0.4, -0.2) is 52.2 Å². The number of halogens is 2. The number of aromatic nitrogens is 2. The predicted molar refractivity (Wildman–Crippen MR) is 126 cm³/mol. The van der Waals surface area contributed by atoms with Crippen molar-refractivity contribution >= 4 is 26.7 Å².